The van der Waals surface area contributed by atoms with Crippen molar-refractivity contribution in [3.8, 4) is 5.75 Å². The third-order valence-electron chi connectivity index (χ3n) is 4.42. The van der Waals surface area contributed by atoms with E-state index in [1.165, 1.54) is 30.7 Å². The number of fused-ring (bicyclic) bond motifs is 1. The highest BCUT2D eigenvalue weighted by Crippen LogP contribution is 2.33. The topological polar surface area (TPSA) is 93.5 Å². The first kappa shape index (κ1) is 21.4. The van der Waals surface area contributed by atoms with Crippen molar-refractivity contribution in [2.24, 2.45) is 0 Å². The smallest absolute Gasteiger partial charge is 0.274 e. The Bertz CT molecular complexity index is 1130. The molecule has 1 aliphatic heterocycles. The minimum absolute atomic E-state index is 0. The van der Waals surface area contributed by atoms with E-state index in [0.717, 1.165) is 16.2 Å². The first-order chi connectivity index (χ1) is 14.4. The van der Waals surface area contributed by atoms with Crippen LogP contribution in [0.2, 0.25) is 0 Å². The van der Waals surface area contributed by atoms with E-state index in [4.69, 9.17) is 4.74 Å². The number of carbonyl (C=O) groups is 1. The first-order valence-corrected chi connectivity index (χ1v) is 11.0. The number of amides is 1. The Morgan fingerprint density at radius 3 is 2.73 bits per heavy atom. The van der Waals surface area contributed by atoms with Crippen molar-refractivity contribution in [1.82, 2.24) is 8.96 Å². The summed E-state index contributed by atoms with van der Waals surface area (Å²) in [6, 6.07) is 11.3. The molecule has 0 aliphatic carbocycles. The Labute approximate surface area is 177 Å². The summed E-state index contributed by atoms with van der Waals surface area (Å²) in [4.78, 5) is 18.3. The van der Waals surface area contributed by atoms with Gasteiger partial charge in [-0.3, -0.25) is 9.78 Å². The Morgan fingerprint density at radius 2 is 2.00 bits per heavy atom. The van der Waals surface area contributed by atoms with Gasteiger partial charge in [-0.1, -0.05) is 19.9 Å². The Balaban J connectivity index is 0.00000111. The summed E-state index contributed by atoms with van der Waals surface area (Å²) in [5.41, 5.74) is 1.45. The fraction of sp³-hybridized carbons (Fsp3) is 0.238. The van der Waals surface area contributed by atoms with Gasteiger partial charge in [0.1, 0.15) is 18.1 Å². The van der Waals surface area contributed by atoms with E-state index >= 15 is 0 Å². The van der Waals surface area contributed by atoms with Crippen molar-refractivity contribution in [3.05, 3.63) is 66.7 Å². The van der Waals surface area contributed by atoms with E-state index in [-0.39, 0.29) is 12.0 Å². The summed E-state index contributed by atoms with van der Waals surface area (Å²) in [6.45, 7) is 5.25. The lowest BCUT2D eigenvalue weighted by molar-refractivity contribution is 0.102. The summed E-state index contributed by atoms with van der Waals surface area (Å²) in [6.07, 6.45) is 4.25. The van der Waals surface area contributed by atoms with Crippen LogP contribution in [-0.4, -0.2) is 43.5 Å². The molecule has 0 saturated carbocycles. The SMILES string of the molecule is CC.CN1CCOc2cc(S(=O)(=O)n3ccc(NC(=O)c4ccccn4)c3)ccc21.[HH]. The molecule has 30 heavy (non-hydrogen) atoms. The highest BCUT2D eigenvalue weighted by molar-refractivity contribution is 7.90. The molecule has 0 unspecified atom stereocenters. The van der Waals surface area contributed by atoms with Crippen LogP contribution in [0.25, 0.3) is 0 Å². The highest BCUT2D eigenvalue weighted by Gasteiger charge is 2.22. The number of anilines is 2. The number of rotatable bonds is 4. The standard InChI is InChI=1S/C19H18N4O4S.C2H6.H2/c1-22-10-11-27-18-12-15(5-6-17(18)22)28(25,26)23-9-7-14(13-23)21-19(24)16-4-2-3-8-20-16;1-2;/h2-9,12-13H,10-11H2,1H3,(H,21,24);1-2H3;1H. The molecular formula is C21H26N4O4S. The molecule has 1 aliphatic rings. The van der Waals surface area contributed by atoms with Crippen LogP contribution >= 0.6 is 0 Å². The zero-order chi connectivity index (χ0) is 21.7. The molecule has 0 atom stereocenters. The van der Waals surface area contributed by atoms with Crippen molar-refractivity contribution >= 4 is 27.3 Å². The fourth-order valence-electron chi connectivity index (χ4n) is 2.91. The van der Waals surface area contributed by atoms with Crippen LogP contribution in [0.3, 0.4) is 0 Å². The van der Waals surface area contributed by atoms with Gasteiger partial charge in [0.05, 0.1) is 22.8 Å². The molecule has 1 amide bonds. The van der Waals surface area contributed by atoms with Crippen LogP contribution in [0.1, 0.15) is 25.8 Å². The van der Waals surface area contributed by atoms with Crippen molar-refractivity contribution in [2.45, 2.75) is 18.7 Å². The molecule has 9 heteroatoms. The molecule has 0 saturated heterocycles. The third kappa shape index (κ3) is 4.30. The zero-order valence-corrected chi connectivity index (χ0v) is 17.9. The summed E-state index contributed by atoms with van der Waals surface area (Å²) < 4.78 is 32.5. The number of nitrogens with zero attached hydrogens (tertiary/aromatic N) is 3. The third-order valence-corrected chi connectivity index (χ3v) is 6.06. The molecule has 3 aromatic rings. The van der Waals surface area contributed by atoms with Crippen molar-refractivity contribution in [1.29, 1.82) is 0 Å². The number of likely N-dealkylation sites (N-methyl/N-ethyl adjacent to an activating group) is 1. The molecule has 3 heterocycles. The van der Waals surface area contributed by atoms with E-state index in [9.17, 15) is 13.2 Å². The van der Waals surface area contributed by atoms with Crippen molar-refractivity contribution in [3.63, 3.8) is 0 Å². The number of benzene rings is 1. The Hall–Kier alpha value is -3.33. The van der Waals surface area contributed by atoms with Crippen LogP contribution in [0.15, 0.2) is 66.0 Å². The molecule has 0 radical (unpaired) electrons. The monoisotopic (exact) mass is 430 g/mol. The van der Waals surface area contributed by atoms with E-state index in [1.54, 1.807) is 30.3 Å². The number of hydrogen-bond acceptors (Lipinski definition) is 6. The van der Waals surface area contributed by atoms with Crippen LogP contribution in [-0.2, 0) is 10.0 Å². The minimum atomic E-state index is -3.82. The molecule has 0 bridgehead atoms. The maximum Gasteiger partial charge on any atom is 0.274 e. The van der Waals surface area contributed by atoms with Gasteiger partial charge in [0, 0.05) is 33.1 Å². The van der Waals surface area contributed by atoms with Gasteiger partial charge in [0.2, 0.25) is 0 Å². The van der Waals surface area contributed by atoms with E-state index in [0.29, 0.717) is 18.0 Å². The number of hydrogen-bond donors (Lipinski definition) is 1. The molecule has 8 nitrogen and oxygen atoms in total. The van der Waals surface area contributed by atoms with Crippen molar-refractivity contribution < 1.29 is 19.4 Å². The second-order valence-electron chi connectivity index (χ2n) is 6.30. The van der Waals surface area contributed by atoms with Gasteiger partial charge in [-0.15, -0.1) is 0 Å². The van der Waals surface area contributed by atoms with Crippen molar-refractivity contribution in [2.75, 3.05) is 30.4 Å². The summed E-state index contributed by atoms with van der Waals surface area (Å²) in [7, 11) is -1.89. The molecule has 2 aromatic heterocycles. The molecular weight excluding hydrogens is 404 g/mol. The lowest BCUT2D eigenvalue weighted by Crippen LogP contribution is -2.28. The summed E-state index contributed by atoms with van der Waals surface area (Å²) in [5, 5.41) is 2.64. The second kappa shape index (κ2) is 9.00. The van der Waals surface area contributed by atoms with Gasteiger partial charge >= 0.3 is 0 Å². The zero-order valence-electron chi connectivity index (χ0n) is 17.1. The Kier molecular flexibility index (Phi) is 6.41. The average Bonchev–Trinajstić information content (AvgIpc) is 3.25. The van der Waals surface area contributed by atoms with E-state index in [2.05, 4.69) is 10.3 Å². The lowest BCUT2D eigenvalue weighted by atomic mass is 10.2. The predicted octanol–water partition coefficient (Wildman–Crippen LogP) is 3.47. The maximum absolute atomic E-state index is 12.9. The van der Waals surface area contributed by atoms with Crippen LogP contribution in [0.5, 0.6) is 5.75 Å². The number of ether oxygens (including phenoxy) is 1. The Morgan fingerprint density at radius 1 is 1.20 bits per heavy atom. The number of pyridine rings is 1. The molecule has 0 spiro atoms. The van der Waals surface area contributed by atoms with E-state index < -0.39 is 15.9 Å². The predicted molar refractivity (Wildman–Crippen MR) is 118 cm³/mol. The molecule has 4 rings (SSSR count). The van der Waals surface area contributed by atoms with E-state index in [1.807, 2.05) is 25.8 Å². The average molecular weight is 431 g/mol. The van der Waals surface area contributed by atoms with Gasteiger partial charge in [-0.05, 0) is 30.3 Å². The second-order valence-corrected chi connectivity index (χ2v) is 8.15. The minimum Gasteiger partial charge on any atom is -0.490 e. The highest BCUT2D eigenvalue weighted by atomic mass is 32.2. The van der Waals surface area contributed by atoms with Crippen LogP contribution in [0.4, 0.5) is 11.4 Å². The number of nitrogens with one attached hydrogen (secondary N) is 1. The van der Waals surface area contributed by atoms with Crippen LogP contribution < -0.4 is 15.0 Å². The first-order valence-electron chi connectivity index (χ1n) is 9.59. The molecule has 1 N–H and O–H groups in total. The van der Waals surface area contributed by atoms with Crippen LogP contribution in [0, 0.1) is 0 Å². The lowest BCUT2D eigenvalue weighted by Gasteiger charge is -2.27. The summed E-state index contributed by atoms with van der Waals surface area (Å²) >= 11 is 0. The summed E-state index contributed by atoms with van der Waals surface area (Å²) in [5.74, 6) is 0.117. The van der Waals surface area contributed by atoms with Gasteiger partial charge < -0.3 is 15.0 Å². The van der Waals surface area contributed by atoms with Gasteiger partial charge in [-0.2, -0.15) is 0 Å². The fourth-order valence-corrected chi connectivity index (χ4v) is 4.13. The molecule has 1 aromatic carbocycles. The van der Waals surface area contributed by atoms with Gasteiger partial charge in [0.15, 0.2) is 0 Å². The van der Waals surface area contributed by atoms with Gasteiger partial charge in [0.25, 0.3) is 15.9 Å². The molecule has 160 valence electrons. The largest absolute Gasteiger partial charge is 0.490 e. The molecule has 0 fully saturated rings. The van der Waals surface area contributed by atoms with Gasteiger partial charge in [-0.25, -0.2) is 12.4 Å². The number of carbonyl (C=O) groups excluding carboxylic acids is 1. The quantitative estimate of drug-likeness (QED) is 0.681. The number of aromatic nitrogens is 2. The normalized spacial score (nSPS) is 12.8. The maximum atomic E-state index is 12.9.